The van der Waals surface area contributed by atoms with Gasteiger partial charge in [-0.05, 0) is 29.8 Å². The molecule has 0 fully saturated rings. The van der Waals surface area contributed by atoms with Gasteiger partial charge in [-0.2, -0.15) is 0 Å². The van der Waals surface area contributed by atoms with E-state index in [2.05, 4.69) is 10.3 Å². The van der Waals surface area contributed by atoms with Gasteiger partial charge in [0, 0.05) is 6.20 Å². The fraction of sp³-hybridized carbons (Fsp3) is 0.133. The van der Waals surface area contributed by atoms with Crippen LogP contribution >= 0.6 is 0 Å². The van der Waals surface area contributed by atoms with Crippen molar-refractivity contribution in [3.63, 3.8) is 0 Å². The van der Waals surface area contributed by atoms with E-state index in [0.29, 0.717) is 5.82 Å². The number of amides is 1. The molecule has 21 heavy (non-hydrogen) atoms. The molecule has 0 spiro atoms. The summed E-state index contributed by atoms with van der Waals surface area (Å²) < 4.78 is 5.04. The average molecular weight is 286 g/mol. The number of rotatable bonds is 5. The Kier molecular flexibility index (Phi) is 4.50. The van der Waals surface area contributed by atoms with Gasteiger partial charge < -0.3 is 15.2 Å². The summed E-state index contributed by atoms with van der Waals surface area (Å²) in [5.74, 6) is -0.238. The molecule has 0 atom stereocenters. The Morgan fingerprint density at radius 2 is 1.90 bits per heavy atom. The first-order valence-electron chi connectivity index (χ1n) is 6.20. The van der Waals surface area contributed by atoms with E-state index < -0.39 is 5.97 Å². The first-order chi connectivity index (χ1) is 10.1. The highest BCUT2D eigenvalue weighted by molar-refractivity contribution is 5.92. The average Bonchev–Trinajstić information content (AvgIpc) is 2.48. The van der Waals surface area contributed by atoms with Crippen molar-refractivity contribution in [1.29, 1.82) is 0 Å². The zero-order valence-electron chi connectivity index (χ0n) is 11.4. The number of methoxy groups -OCH3 is 1. The Hall–Kier alpha value is -2.89. The van der Waals surface area contributed by atoms with Gasteiger partial charge in [-0.15, -0.1) is 0 Å². The number of pyridine rings is 1. The number of carbonyl (C=O) groups is 2. The summed E-state index contributed by atoms with van der Waals surface area (Å²) in [6, 6.07) is 10.0. The maximum atomic E-state index is 11.9. The number of anilines is 1. The van der Waals surface area contributed by atoms with Gasteiger partial charge in [-0.25, -0.2) is 9.78 Å². The molecule has 0 aliphatic carbocycles. The van der Waals surface area contributed by atoms with Crippen molar-refractivity contribution in [1.82, 2.24) is 4.98 Å². The number of aromatic nitrogens is 1. The number of carboxylic acids is 1. The van der Waals surface area contributed by atoms with E-state index >= 15 is 0 Å². The minimum Gasteiger partial charge on any atom is -0.497 e. The fourth-order valence-corrected chi connectivity index (χ4v) is 1.71. The Bertz CT molecular complexity index is 636. The lowest BCUT2D eigenvalue weighted by Gasteiger charge is -2.05. The quantitative estimate of drug-likeness (QED) is 0.877. The molecular formula is C15H14N2O4. The number of nitrogens with zero attached hydrogens (tertiary/aromatic N) is 1. The Morgan fingerprint density at radius 1 is 1.19 bits per heavy atom. The minimum atomic E-state index is -1.06. The molecule has 1 heterocycles. The second kappa shape index (κ2) is 6.51. The highest BCUT2D eigenvalue weighted by atomic mass is 16.5. The van der Waals surface area contributed by atoms with E-state index in [9.17, 15) is 9.59 Å². The predicted molar refractivity (Wildman–Crippen MR) is 76.5 cm³/mol. The van der Waals surface area contributed by atoms with Crippen LogP contribution < -0.4 is 10.1 Å². The van der Waals surface area contributed by atoms with Crippen LogP contribution in [0.2, 0.25) is 0 Å². The maximum absolute atomic E-state index is 11.9. The fourth-order valence-electron chi connectivity index (χ4n) is 1.71. The van der Waals surface area contributed by atoms with Gasteiger partial charge in [0.15, 0.2) is 0 Å². The van der Waals surface area contributed by atoms with Gasteiger partial charge in [0.2, 0.25) is 5.91 Å². The van der Waals surface area contributed by atoms with E-state index in [4.69, 9.17) is 9.84 Å². The third kappa shape index (κ3) is 4.04. The molecule has 0 aliphatic rings. The van der Waals surface area contributed by atoms with Gasteiger partial charge >= 0.3 is 5.97 Å². The molecule has 1 amide bonds. The first kappa shape index (κ1) is 14.5. The van der Waals surface area contributed by atoms with Crippen molar-refractivity contribution in [3.8, 4) is 5.75 Å². The van der Waals surface area contributed by atoms with E-state index in [0.717, 1.165) is 11.3 Å². The number of nitrogens with one attached hydrogen (secondary N) is 1. The van der Waals surface area contributed by atoms with E-state index in [1.807, 2.05) is 0 Å². The summed E-state index contributed by atoms with van der Waals surface area (Å²) in [5.41, 5.74) is 0.915. The number of carbonyl (C=O) groups excluding carboxylic acids is 1. The highest BCUT2D eigenvalue weighted by Crippen LogP contribution is 2.12. The summed E-state index contributed by atoms with van der Waals surface area (Å²) in [6.45, 7) is 0. The maximum Gasteiger partial charge on any atom is 0.337 e. The summed E-state index contributed by atoms with van der Waals surface area (Å²) in [4.78, 5) is 26.4. The lowest BCUT2D eigenvalue weighted by Crippen LogP contribution is -2.15. The van der Waals surface area contributed by atoms with Crippen molar-refractivity contribution >= 4 is 17.7 Å². The molecule has 2 rings (SSSR count). The van der Waals surface area contributed by atoms with Crippen molar-refractivity contribution in [3.05, 3.63) is 53.7 Å². The number of hydrogen-bond acceptors (Lipinski definition) is 4. The van der Waals surface area contributed by atoms with Crippen LogP contribution in [-0.4, -0.2) is 29.1 Å². The SMILES string of the molecule is COc1ccc(CC(=O)Nc2ccc(C(=O)O)cn2)cc1. The second-order valence-corrected chi connectivity index (χ2v) is 4.31. The summed E-state index contributed by atoms with van der Waals surface area (Å²) in [7, 11) is 1.58. The smallest absolute Gasteiger partial charge is 0.337 e. The van der Waals surface area contributed by atoms with Crippen molar-refractivity contribution in [2.45, 2.75) is 6.42 Å². The molecule has 0 saturated heterocycles. The lowest BCUT2D eigenvalue weighted by atomic mass is 10.1. The third-order valence-corrected chi connectivity index (χ3v) is 2.80. The second-order valence-electron chi connectivity index (χ2n) is 4.31. The molecule has 2 aromatic rings. The molecule has 0 aliphatic heterocycles. The molecule has 0 saturated carbocycles. The molecule has 6 nitrogen and oxygen atoms in total. The Morgan fingerprint density at radius 3 is 2.43 bits per heavy atom. The lowest BCUT2D eigenvalue weighted by molar-refractivity contribution is -0.115. The van der Waals surface area contributed by atoms with Crippen LogP contribution in [0.1, 0.15) is 15.9 Å². The number of hydrogen-bond donors (Lipinski definition) is 2. The number of benzene rings is 1. The van der Waals surface area contributed by atoms with Crippen LogP contribution in [0.15, 0.2) is 42.6 Å². The summed E-state index contributed by atoms with van der Waals surface area (Å²) in [5, 5.41) is 11.4. The standard InChI is InChI=1S/C15H14N2O4/c1-21-12-5-2-10(3-6-12)8-14(18)17-13-7-4-11(9-16-13)15(19)20/h2-7,9H,8H2,1H3,(H,19,20)(H,16,17,18). The predicted octanol–water partition coefficient (Wildman–Crippen LogP) is 1.97. The number of carboxylic acid groups (broad SMARTS) is 1. The van der Waals surface area contributed by atoms with Crippen molar-refractivity contribution in [2.75, 3.05) is 12.4 Å². The molecule has 108 valence electrons. The molecule has 6 heteroatoms. The monoisotopic (exact) mass is 286 g/mol. The van der Waals surface area contributed by atoms with Gasteiger partial charge in [0.05, 0.1) is 19.1 Å². The normalized spacial score (nSPS) is 9.95. The highest BCUT2D eigenvalue weighted by Gasteiger charge is 2.07. The summed E-state index contributed by atoms with van der Waals surface area (Å²) >= 11 is 0. The molecule has 0 bridgehead atoms. The number of aromatic carboxylic acids is 1. The van der Waals surface area contributed by atoms with Crippen LogP contribution in [0.3, 0.4) is 0 Å². The summed E-state index contributed by atoms with van der Waals surface area (Å²) in [6.07, 6.45) is 1.40. The van der Waals surface area contributed by atoms with Gasteiger partial charge in [-0.3, -0.25) is 4.79 Å². The molecule has 1 aromatic carbocycles. The Labute approximate surface area is 121 Å². The van der Waals surface area contributed by atoms with Gasteiger partial charge in [0.25, 0.3) is 0 Å². The van der Waals surface area contributed by atoms with Gasteiger partial charge in [-0.1, -0.05) is 12.1 Å². The van der Waals surface area contributed by atoms with Crippen molar-refractivity contribution < 1.29 is 19.4 Å². The molecular weight excluding hydrogens is 272 g/mol. The third-order valence-electron chi connectivity index (χ3n) is 2.80. The number of ether oxygens (including phenoxy) is 1. The first-order valence-corrected chi connectivity index (χ1v) is 6.20. The van der Waals surface area contributed by atoms with Crippen LogP contribution in [0, 0.1) is 0 Å². The van der Waals surface area contributed by atoms with E-state index in [1.165, 1.54) is 18.3 Å². The molecule has 1 aromatic heterocycles. The molecule has 0 radical (unpaired) electrons. The van der Waals surface area contributed by atoms with E-state index in [-0.39, 0.29) is 17.9 Å². The topological polar surface area (TPSA) is 88.5 Å². The minimum absolute atomic E-state index is 0.0724. The van der Waals surface area contributed by atoms with E-state index in [1.54, 1.807) is 31.4 Å². The van der Waals surface area contributed by atoms with Crippen LogP contribution in [0.4, 0.5) is 5.82 Å². The van der Waals surface area contributed by atoms with Gasteiger partial charge in [0.1, 0.15) is 11.6 Å². The molecule has 0 unspecified atom stereocenters. The molecule has 2 N–H and O–H groups in total. The van der Waals surface area contributed by atoms with Crippen LogP contribution in [0.25, 0.3) is 0 Å². The zero-order valence-corrected chi connectivity index (χ0v) is 11.4. The van der Waals surface area contributed by atoms with Crippen LogP contribution in [-0.2, 0) is 11.2 Å². The Balaban J connectivity index is 1.95. The largest absolute Gasteiger partial charge is 0.497 e. The van der Waals surface area contributed by atoms with Crippen molar-refractivity contribution in [2.24, 2.45) is 0 Å². The van der Waals surface area contributed by atoms with Crippen LogP contribution in [0.5, 0.6) is 5.75 Å². The zero-order chi connectivity index (χ0) is 15.2.